The number of hydrogen-bond donors (Lipinski definition) is 1. The van der Waals surface area contributed by atoms with E-state index >= 15 is 0 Å². The molecule has 0 atom stereocenters. The van der Waals surface area contributed by atoms with Gasteiger partial charge >= 0.3 is 0 Å². The second-order valence-electron chi connectivity index (χ2n) is 2.90. The Labute approximate surface area is 108 Å². The lowest BCUT2D eigenvalue weighted by Gasteiger charge is -2.03. The van der Waals surface area contributed by atoms with Crippen LogP contribution in [0.2, 0.25) is 0 Å². The van der Waals surface area contributed by atoms with Crippen LogP contribution in [0.15, 0.2) is 33.9 Å². The van der Waals surface area contributed by atoms with Crippen molar-refractivity contribution in [1.82, 2.24) is 4.57 Å². The molecular formula is C9H5BrN2O2S2. The average molecular weight is 317 g/mol. The molecule has 0 bridgehead atoms. The van der Waals surface area contributed by atoms with E-state index in [0.717, 1.165) is 15.8 Å². The number of thiazole rings is 1. The summed E-state index contributed by atoms with van der Waals surface area (Å²) >= 11 is 9.34. The molecule has 0 fully saturated rings. The first kappa shape index (κ1) is 11.4. The third-order valence-electron chi connectivity index (χ3n) is 1.94. The van der Waals surface area contributed by atoms with Crippen LogP contribution in [0.25, 0.3) is 5.69 Å². The van der Waals surface area contributed by atoms with Crippen LogP contribution in [0.1, 0.15) is 0 Å². The molecule has 0 saturated heterocycles. The predicted octanol–water partition coefficient (Wildman–Crippen LogP) is 4.13. The maximum atomic E-state index is 10.4. The van der Waals surface area contributed by atoms with Crippen LogP contribution in [0.4, 0.5) is 5.00 Å². The minimum Gasteiger partial charge on any atom is -0.492 e. The van der Waals surface area contributed by atoms with E-state index in [0.29, 0.717) is 9.64 Å². The standard InChI is InChI=1S/C9H5BrN2O2S2/c10-5-1-3-6(4-2-5)12-8(13)7(11-14)16-9(12)15/h1-4,13H. The second-order valence-corrected chi connectivity index (χ2v) is 5.44. The van der Waals surface area contributed by atoms with Crippen LogP contribution in [-0.4, -0.2) is 9.67 Å². The summed E-state index contributed by atoms with van der Waals surface area (Å²) < 4.78 is 2.71. The second kappa shape index (κ2) is 4.44. The Hall–Kier alpha value is -1.05. The van der Waals surface area contributed by atoms with E-state index in [1.165, 1.54) is 4.57 Å². The van der Waals surface area contributed by atoms with Gasteiger partial charge < -0.3 is 5.11 Å². The Morgan fingerprint density at radius 2 is 2.00 bits per heavy atom. The molecule has 2 rings (SSSR count). The Kier molecular flexibility index (Phi) is 3.17. The van der Waals surface area contributed by atoms with Gasteiger partial charge in [0.05, 0.1) is 5.69 Å². The van der Waals surface area contributed by atoms with E-state index < -0.39 is 0 Å². The molecule has 0 spiro atoms. The first-order valence-electron chi connectivity index (χ1n) is 4.17. The molecule has 0 radical (unpaired) electrons. The molecule has 4 nitrogen and oxygen atoms in total. The Bertz CT molecular complexity index is 589. The third kappa shape index (κ3) is 1.93. The van der Waals surface area contributed by atoms with Crippen molar-refractivity contribution in [3.8, 4) is 11.6 Å². The lowest BCUT2D eigenvalue weighted by atomic mass is 10.3. The van der Waals surface area contributed by atoms with Gasteiger partial charge in [-0.1, -0.05) is 27.3 Å². The fraction of sp³-hybridized carbons (Fsp3) is 0. The minimum atomic E-state index is -0.215. The molecule has 2 aromatic rings. The highest BCUT2D eigenvalue weighted by Gasteiger charge is 2.13. The predicted molar refractivity (Wildman–Crippen MR) is 69.3 cm³/mol. The number of rotatable bonds is 2. The smallest absolute Gasteiger partial charge is 0.238 e. The summed E-state index contributed by atoms with van der Waals surface area (Å²) in [4.78, 5) is 10.4. The number of aromatic nitrogens is 1. The van der Waals surface area contributed by atoms with Crippen molar-refractivity contribution >= 4 is 44.5 Å². The van der Waals surface area contributed by atoms with Crippen molar-refractivity contribution in [2.45, 2.75) is 0 Å². The molecule has 1 N–H and O–H groups in total. The van der Waals surface area contributed by atoms with Gasteiger partial charge in [0.25, 0.3) is 0 Å². The molecule has 0 unspecified atom stereocenters. The van der Waals surface area contributed by atoms with E-state index in [1.807, 2.05) is 12.1 Å². The monoisotopic (exact) mass is 316 g/mol. The normalized spacial score (nSPS) is 10.3. The molecule has 16 heavy (non-hydrogen) atoms. The summed E-state index contributed by atoms with van der Waals surface area (Å²) in [5, 5.41) is 12.4. The van der Waals surface area contributed by atoms with Gasteiger partial charge in [0.15, 0.2) is 3.95 Å². The summed E-state index contributed by atoms with van der Waals surface area (Å²) in [5.74, 6) is -0.215. The van der Waals surface area contributed by atoms with E-state index in [9.17, 15) is 10.0 Å². The first-order chi connectivity index (χ1) is 7.63. The molecule has 0 aliphatic rings. The van der Waals surface area contributed by atoms with E-state index in [-0.39, 0.29) is 10.9 Å². The third-order valence-corrected chi connectivity index (χ3v) is 3.71. The summed E-state index contributed by atoms with van der Waals surface area (Å²) in [6.07, 6.45) is 0. The number of nitrogens with zero attached hydrogens (tertiary/aromatic N) is 2. The topological polar surface area (TPSA) is 54.6 Å². The van der Waals surface area contributed by atoms with Crippen molar-refractivity contribution in [2.24, 2.45) is 5.18 Å². The Morgan fingerprint density at radius 1 is 1.38 bits per heavy atom. The molecule has 0 amide bonds. The largest absolute Gasteiger partial charge is 0.492 e. The van der Waals surface area contributed by atoms with Crippen LogP contribution in [0.3, 0.4) is 0 Å². The van der Waals surface area contributed by atoms with Crippen molar-refractivity contribution in [1.29, 1.82) is 0 Å². The maximum Gasteiger partial charge on any atom is 0.238 e. The molecule has 1 aromatic heterocycles. The SMILES string of the molecule is O=Nc1sc(=S)n(-c2ccc(Br)cc2)c1O. The summed E-state index contributed by atoms with van der Waals surface area (Å²) in [7, 11) is 0. The van der Waals surface area contributed by atoms with Crippen molar-refractivity contribution < 1.29 is 5.11 Å². The van der Waals surface area contributed by atoms with Crippen LogP contribution in [0.5, 0.6) is 5.88 Å². The summed E-state index contributed by atoms with van der Waals surface area (Å²) in [5.41, 5.74) is 0.692. The minimum absolute atomic E-state index is 0.00656. The van der Waals surface area contributed by atoms with Crippen LogP contribution in [-0.2, 0) is 0 Å². The Balaban J connectivity index is 2.64. The number of benzene rings is 1. The van der Waals surface area contributed by atoms with Gasteiger partial charge in [0, 0.05) is 4.47 Å². The fourth-order valence-electron chi connectivity index (χ4n) is 1.23. The van der Waals surface area contributed by atoms with Crippen LogP contribution < -0.4 is 0 Å². The van der Waals surface area contributed by atoms with Crippen LogP contribution >= 0.6 is 39.5 Å². The van der Waals surface area contributed by atoms with E-state index in [4.69, 9.17) is 12.2 Å². The molecular weight excluding hydrogens is 312 g/mol. The Morgan fingerprint density at radius 3 is 2.50 bits per heavy atom. The number of aromatic hydroxyl groups is 1. The number of halogens is 1. The molecule has 0 saturated carbocycles. The summed E-state index contributed by atoms with van der Waals surface area (Å²) in [6, 6.07) is 7.20. The zero-order valence-electron chi connectivity index (χ0n) is 7.75. The van der Waals surface area contributed by atoms with Crippen molar-refractivity contribution in [3.05, 3.63) is 37.6 Å². The highest BCUT2D eigenvalue weighted by atomic mass is 79.9. The fourth-order valence-corrected chi connectivity index (χ4v) is 2.59. The lowest BCUT2D eigenvalue weighted by Crippen LogP contribution is -1.91. The highest BCUT2D eigenvalue weighted by Crippen LogP contribution is 2.36. The van der Waals surface area contributed by atoms with Gasteiger partial charge in [-0.15, -0.1) is 4.91 Å². The zero-order chi connectivity index (χ0) is 11.7. The number of hydrogen-bond acceptors (Lipinski definition) is 5. The van der Waals surface area contributed by atoms with Gasteiger partial charge in [-0.05, 0) is 41.7 Å². The van der Waals surface area contributed by atoms with Gasteiger partial charge in [-0.25, -0.2) is 0 Å². The molecule has 1 heterocycles. The number of nitroso groups, excluding NO2 is 1. The zero-order valence-corrected chi connectivity index (χ0v) is 11.0. The maximum absolute atomic E-state index is 10.4. The van der Waals surface area contributed by atoms with E-state index in [2.05, 4.69) is 21.1 Å². The average Bonchev–Trinajstić information content (AvgIpc) is 2.56. The molecule has 0 aliphatic heterocycles. The summed E-state index contributed by atoms with van der Waals surface area (Å²) in [6.45, 7) is 0. The van der Waals surface area contributed by atoms with E-state index in [1.54, 1.807) is 12.1 Å². The molecule has 0 aliphatic carbocycles. The van der Waals surface area contributed by atoms with Gasteiger partial charge in [-0.2, -0.15) is 0 Å². The van der Waals surface area contributed by atoms with Crippen molar-refractivity contribution in [3.63, 3.8) is 0 Å². The van der Waals surface area contributed by atoms with Crippen LogP contribution in [0, 0.1) is 8.86 Å². The van der Waals surface area contributed by atoms with Gasteiger partial charge in [-0.3, -0.25) is 4.57 Å². The highest BCUT2D eigenvalue weighted by molar-refractivity contribution is 9.10. The van der Waals surface area contributed by atoms with Gasteiger partial charge in [0.2, 0.25) is 10.9 Å². The molecule has 1 aromatic carbocycles. The molecule has 7 heteroatoms. The lowest BCUT2D eigenvalue weighted by molar-refractivity contribution is 0.443. The molecule has 82 valence electrons. The first-order valence-corrected chi connectivity index (χ1v) is 6.19. The quantitative estimate of drug-likeness (QED) is 0.669. The van der Waals surface area contributed by atoms with Crippen molar-refractivity contribution in [2.75, 3.05) is 0 Å². The van der Waals surface area contributed by atoms with Gasteiger partial charge in [0.1, 0.15) is 0 Å².